The van der Waals surface area contributed by atoms with Gasteiger partial charge in [0, 0.05) is 31.4 Å². The number of hydrogen-bond acceptors (Lipinski definition) is 5. The molecule has 7 nitrogen and oxygen atoms in total. The van der Waals surface area contributed by atoms with Gasteiger partial charge in [-0.25, -0.2) is 4.98 Å². The quantitative estimate of drug-likeness (QED) is 0.621. The fourth-order valence-electron chi connectivity index (χ4n) is 4.75. The highest BCUT2D eigenvalue weighted by Crippen LogP contribution is 2.41. The topological polar surface area (TPSA) is 79.5 Å². The summed E-state index contributed by atoms with van der Waals surface area (Å²) in [6, 6.07) is 15.4. The van der Waals surface area contributed by atoms with Crippen LogP contribution in [0.2, 0.25) is 0 Å². The fourth-order valence-corrected chi connectivity index (χ4v) is 4.75. The van der Waals surface area contributed by atoms with Gasteiger partial charge in [-0.3, -0.25) is 14.6 Å². The lowest BCUT2D eigenvalue weighted by Crippen LogP contribution is -2.38. The average molecular weight is 431 g/mol. The Hall–Kier alpha value is -3.48. The van der Waals surface area contributed by atoms with Crippen LogP contribution in [0.1, 0.15) is 30.0 Å². The zero-order chi connectivity index (χ0) is 22.1. The standard InChI is InChI=1S/C25H26N4O3/c1-18-21(27-23(32-18)19-7-3-2-4-8-19)15-22(30)29-14-11-25(17-29)10-13-28(24(25)31)16-20-9-5-6-12-26-20/h2-9,12H,10-11,13-17H2,1H3. The number of hydrogen-bond donors (Lipinski definition) is 0. The van der Waals surface area contributed by atoms with Crippen molar-refractivity contribution in [3.05, 3.63) is 71.9 Å². The number of rotatable bonds is 5. The predicted molar refractivity (Wildman–Crippen MR) is 118 cm³/mol. The average Bonchev–Trinajstić information content (AvgIpc) is 3.50. The number of aryl methyl sites for hydroxylation is 1. The highest BCUT2D eigenvalue weighted by atomic mass is 16.4. The smallest absolute Gasteiger partial charge is 0.231 e. The van der Waals surface area contributed by atoms with E-state index in [0.717, 1.165) is 17.7 Å². The molecule has 2 aliphatic heterocycles. The molecule has 2 saturated heterocycles. The van der Waals surface area contributed by atoms with E-state index >= 15 is 0 Å². The van der Waals surface area contributed by atoms with Gasteiger partial charge >= 0.3 is 0 Å². The number of oxazole rings is 1. The molecule has 1 aromatic carbocycles. The zero-order valence-corrected chi connectivity index (χ0v) is 18.2. The van der Waals surface area contributed by atoms with Crippen LogP contribution >= 0.6 is 0 Å². The van der Waals surface area contributed by atoms with E-state index in [0.29, 0.717) is 49.9 Å². The summed E-state index contributed by atoms with van der Waals surface area (Å²) in [6.45, 7) is 4.15. The second-order valence-electron chi connectivity index (χ2n) is 8.71. The van der Waals surface area contributed by atoms with Gasteiger partial charge in [-0.1, -0.05) is 24.3 Å². The van der Waals surface area contributed by atoms with Gasteiger partial charge in [-0.15, -0.1) is 0 Å². The van der Waals surface area contributed by atoms with E-state index in [4.69, 9.17) is 4.42 Å². The maximum atomic E-state index is 13.2. The monoisotopic (exact) mass is 430 g/mol. The minimum atomic E-state index is -0.460. The summed E-state index contributed by atoms with van der Waals surface area (Å²) in [5.41, 5.74) is 1.97. The normalized spacial score (nSPS) is 20.5. The summed E-state index contributed by atoms with van der Waals surface area (Å²) in [5.74, 6) is 1.32. The lowest BCUT2D eigenvalue weighted by atomic mass is 9.85. The second kappa shape index (κ2) is 8.22. The summed E-state index contributed by atoms with van der Waals surface area (Å²) in [4.78, 5) is 38.8. The number of pyridine rings is 1. The third-order valence-electron chi connectivity index (χ3n) is 6.62. The Morgan fingerprint density at radius 2 is 1.88 bits per heavy atom. The lowest BCUT2D eigenvalue weighted by molar-refractivity contribution is -0.136. The minimum absolute atomic E-state index is 0.00568. The number of amides is 2. The van der Waals surface area contributed by atoms with Crippen molar-refractivity contribution in [2.75, 3.05) is 19.6 Å². The third-order valence-corrected chi connectivity index (χ3v) is 6.62. The van der Waals surface area contributed by atoms with Crippen molar-refractivity contribution >= 4 is 11.8 Å². The van der Waals surface area contributed by atoms with Gasteiger partial charge in [0.2, 0.25) is 17.7 Å². The van der Waals surface area contributed by atoms with E-state index in [9.17, 15) is 9.59 Å². The largest absolute Gasteiger partial charge is 0.441 e. The number of aromatic nitrogens is 2. The molecular formula is C25H26N4O3. The lowest BCUT2D eigenvalue weighted by Gasteiger charge is -2.23. The molecule has 4 heterocycles. The molecule has 32 heavy (non-hydrogen) atoms. The molecule has 0 bridgehead atoms. The highest BCUT2D eigenvalue weighted by molar-refractivity contribution is 5.87. The van der Waals surface area contributed by atoms with Gasteiger partial charge in [0.15, 0.2) is 0 Å². The Morgan fingerprint density at radius 1 is 1.09 bits per heavy atom. The Kier molecular flexibility index (Phi) is 5.25. The number of likely N-dealkylation sites (tertiary alicyclic amines) is 2. The maximum absolute atomic E-state index is 13.2. The van der Waals surface area contributed by atoms with Gasteiger partial charge < -0.3 is 14.2 Å². The van der Waals surface area contributed by atoms with Crippen LogP contribution in [-0.4, -0.2) is 51.2 Å². The van der Waals surface area contributed by atoms with Crippen LogP contribution in [0.25, 0.3) is 11.5 Å². The Labute approximate surface area is 187 Å². The van der Waals surface area contributed by atoms with Gasteiger partial charge in [-0.2, -0.15) is 0 Å². The highest BCUT2D eigenvalue weighted by Gasteiger charge is 2.51. The molecule has 0 N–H and O–H groups in total. The molecule has 5 rings (SSSR count). The van der Waals surface area contributed by atoms with Crippen molar-refractivity contribution in [3.8, 4) is 11.5 Å². The van der Waals surface area contributed by atoms with E-state index in [2.05, 4.69) is 9.97 Å². The molecule has 7 heteroatoms. The van der Waals surface area contributed by atoms with E-state index in [1.54, 1.807) is 6.20 Å². The molecule has 0 aliphatic carbocycles. The van der Waals surface area contributed by atoms with Crippen molar-refractivity contribution in [2.45, 2.75) is 32.7 Å². The molecule has 164 valence electrons. The third kappa shape index (κ3) is 3.79. The van der Waals surface area contributed by atoms with Gasteiger partial charge in [-0.05, 0) is 44.0 Å². The van der Waals surface area contributed by atoms with Crippen LogP contribution in [0.3, 0.4) is 0 Å². The first-order valence-corrected chi connectivity index (χ1v) is 11.0. The molecule has 3 aromatic rings. The first-order chi connectivity index (χ1) is 15.5. The number of nitrogens with zero attached hydrogens (tertiary/aromatic N) is 4. The zero-order valence-electron chi connectivity index (χ0n) is 18.2. The van der Waals surface area contributed by atoms with Gasteiger partial charge in [0.1, 0.15) is 5.76 Å². The number of carbonyl (C=O) groups is 2. The molecule has 2 amide bonds. The minimum Gasteiger partial charge on any atom is -0.441 e. The number of benzene rings is 1. The van der Waals surface area contributed by atoms with Gasteiger partial charge in [0.25, 0.3) is 0 Å². The Morgan fingerprint density at radius 3 is 2.66 bits per heavy atom. The van der Waals surface area contributed by atoms with E-state index in [-0.39, 0.29) is 18.2 Å². The molecular weight excluding hydrogens is 404 g/mol. The second-order valence-corrected chi connectivity index (χ2v) is 8.71. The molecule has 2 aliphatic rings. The summed E-state index contributed by atoms with van der Waals surface area (Å²) < 4.78 is 5.80. The molecule has 1 spiro atoms. The first kappa shape index (κ1) is 20.4. The molecule has 1 atom stereocenters. The van der Waals surface area contributed by atoms with Crippen molar-refractivity contribution in [2.24, 2.45) is 5.41 Å². The molecule has 0 saturated carbocycles. The molecule has 0 radical (unpaired) electrons. The van der Waals surface area contributed by atoms with Crippen LogP contribution in [0.15, 0.2) is 59.1 Å². The van der Waals surface area contributed by atoms with Crippen molar-refractivity contribution in [1.82, 2.24) is 19.8 Å². The van der Waals surface area contributed by atoms with E-state index < -0.39 is 5.41 Å². The Balaban J connectivity index is 1.24. The van der Waals surface area contributed by atoms with Crippen LogP contribution < -0.4 is 0 Å². The summed E-state index contributed by atoms with van der Waals surface area (Å²) in [6.07, 6.45) is 3.42. The van der Waals surface area contributed by atoms with Crippen LogP contribution in [0.4, 0.5) is 0 Å². The Bertz CT molecular complexity index is 1130. The molecule has 2 aromatic heterocycles. The van der Waals surface area contributed by atoms with E-state index in [1.807, 2.05) is 65.3 Å². The van der Waals surface area contributed by atoms with Crippen molar-refractivity contribution < 1.29 is 14.0 Å². The van der Waals surface area contributed by atoms with Crippen molar-refractivity contribution in [3.63, 3.8) is 0 Å². The number of carbonyl (C=O) groups excluding carboxylic acids is 2. The van der Waals surface area contributed by atoms with Crippen LogP contribution in [0, 0.1) is 12.3 Å². The van der Waals surface area contributed by atoms with Crippen molar-refractivity contribution in [1.29, 1.82) is 0 Å². The fraction of sp³-hybridized carbons (Fsp3) is 0.360. The van der Waals surface area contributed by atoms with Crippen LogP contribution in [0.5, 0.6) is 0 Å². The summed E-state index contributed by atoms with van der Waals surface area (Å²) >= 11 is 0. The first-order valence-electron chi connectivity index (χ1n) is 11.0. The molecule has 1 unspecified atom stereocenters. The SMILES string of the molecule is Cc1oc(-c2ccccc2)nc1CC(=O)N1CCC2(CCN(Cc3ccccn3)C2=O)C1. The van der Waals surface area contributed by atoms with E-state index in [1.165, 1.54) is 0 Å². The predicted octanol–water partition coefficient (Wildman–Crippen LogP) is 3.24. The maximum Gasteiger partial charge on any atom is 0.231 e. The van der Waals surface area contributed by atoms with Crippen LogP contribution in [-0.2, 0) is 22.6 Å². The summed E-state index contributed by atoms with van der Waals surface area (Å²) in [5, 5.41) is 0. The molecule has 2 fully saturated rings. The van der Waals surface area contributed by atoms with Gasteiger partial charge in [0.05, 0.1) is 29.8 Å². The summed E-state index contributed by atoms with van der Waals surface area (Å²) in [7, 11) is 0.